The number of fused-ring (bicyclic) bond motifs is 1. The summed E-state index contributed by atoms with van der Waals surface area (Å²) in [5.41, 5.74) is 0.113. The van der Waals surface area contributed by atoms with Crippen molar-refractivity contribution in [2.75, 3.05) is 13.1 Å². The van der Waals surface area contributed by atoms with Gasteiger partial charge in [0.2, 0.25) is 11.8 Å². The summed E-state index contributed by atoms with van der Waals surface area (Å²) < 4.78 is 35.2. The molecule has 0 saturated carbocycles. The van der Waals surface area contributed by atoms with Crippen molar-refractivity contribution in [3.63, 3.8) is 0 Å². The molecule has 0 bridgehead atoms. The third kappa shape index (κ3) is 4.46. The summed E-state index contributed by atoms with van der Waals surface area (Å²) in [6.45, 7) is 4.25. The summed E-state index contributed by atoms with van der Waals surface area (Å²) in [6, 6.07) is 3.69. The fourth-order valence-corrected chi connectivity index (χ4v) is 4.28. The average Bonchev–Trinajstić information content (AvgIpc) is 3.01. The van der Waals surface area contributed by atoms with Gasteiger partial charge in [-0.25, -0.2) is 4.79 Å². The highest BCUT2D eigenvalue weighted by Gasteiger charge is 2.44. The number of imide groups is 1. The van der Waals surface area contributed by atoms with E-state index in [2.05, 4.69) is 5.32 Å². The molecule has 3 aliphatic rings. The van der Waals surface area contributed by atoms with Crippen molar-refractivity contribution in [2.24, 2.45) is 0 Å². The lowest BCUT2D eigenvalue weighted by atomic mass is 9.93. The van der Waals surface area contributed by atoms with Crippen LogP contribution in [0, 0.1) is 0 Å². The molecule has 1 aromatic carbocycles. The van der Waals surface area contributed by atoms with Gasteiger partial charge < -0.3 is 9.64 Å². The summed E-state index contributed by atoms with van der Waals surface area (Å²) >= 11 is 0. The highest BCUT2D eigenvalue weighted by molar-refractivity contribution is 6.05. The van der Waals surface area contributed by atoms with E-state index >= 15 is 8.78 Å². The van der Waals surface area contributed by atoms with Crippen LogP contribution in [-0.4, -0.2) is 64.3 Å². The lowest BCUT2D eigenvalue weighted by molar-refractivity contribution is -0.136. The molecule has 176 valence electrons. The first-order chi connectivity index (χ1) is 15.4. The first-order valence-corrected chi connectivity index (χ1v) is 10.7. The van der Waals surface area contributed by atoms with Crippen molar-refractivity contribution in [1.29, 1.82) is 0 Å². The Balaban J connectivity index is 1.54. The molecule has 0 radical (unpaired) electrons. The molecule has 4 rings (SSSR count). The van der Waals surface area contributed by atoms with E-state index in [1.54, 1.807) is 20.8 Å². The number of nitrogens with one attached hydrogen (secondary N) is 1. The van der Waals surface area contributed by atoms with Crippen LogP contribution in [0.15, 0.2) is 24.3 Å². The minimum Gasteiger partial charge on any atom is -0.444 e. The summed E-state index contributed by atoms with van der Waals surface area (Å²) in [4.78, 5) is 50.9. The highest BCUT2D eigenvalue weighted by Crippen LogP contribution is 2.38. The number of nitrogens with zero attached hydrogens (tertiary/aromatic N) is 2. The smallest absolute Gasteiger partial charge is 0.410 e. The third-order valence-electron chi connectivity index (χ3n) is 5.79. The molecule has 10 heteroatoms. The van der Waals surface area contributed by atoms with Gasteiger partial charge in [-0.3, -0.25) is 24.6 Å². The van der Waals surface area contributed by atoms with Gasteiger partial charge in [-0.1, -0.05) is 12.1 Å². The Hall–Kier alpha value is -3.30. The molecule has 1 fully saturated rings. The van der Waals surface area contributed by atoms with Crippen molar-refractivity contribution in [3.05, 3.63) is 41.0 Å². The van der Waals surface area contributed by atoms with Gasteiger partial charge in [0.15, 0.2) is 0 Å². The Morgan fingerprint density at radius 2 is 1.94 bits per heavy atom. The summed E-state index contributed by atoms with van der Waals surface area (Å²) in [5, 5.41) is 2.23. The largest absolute Gasteiger partial charge is 0.444 e. The Kier molecular flexibility index (Phi) is 5.50. The van der Waals surface area contributed by atoms with E-state index in [1.165, 1.54) is 29.2 Å². The number of hydrogen-bond acceptors (Lipinski definition) is 5. The third-order valence-corrected chi connectivity index (χ3v) is 5.79. The number of piperidine rings is 1. The van der Waals surface area contributed by atoms with E-state index in [0.717, 1.165) is 4.90 Å². The number of rotatable bonds is 2. The SMILES string of the molecule is CC(C)(C)OC(=O)N1CC=C(c2ccc3c(c2)CN(C2CCC(=O)NC2=O)C3=O)C(F)(F)C1. The van der Waals surface area contributed by atoms with Crippen LogP contribution in [0.5, 0.6) is 0 Å². The quantitative estimate of drug-likeness (QED) is 0.684. The van der Waals surface area contributed by atoms with Crippen LogP contribution in [0.1, 0.15) is 55.1 Å². The van der Waals surface area contributed by atoms with Crippen molar-refractivity contribution in [2.45, 2.75) is 57.7 Å². The van der Waals surface area contributed by atoms with Gasteiger partial charge in [0.25, 0.3) is 11.8 Å². The van der Waals surface area contributed by atoms with Crippen molar-refractivity contribution in [3.8, 4) is 0 Å². The molecular formula is C23H25F2N3O5. The first kappa shape index (κ1) is 22.9. The first-order valence-electron chi connectivity index (χ1n) is 10.7. The van der Waals surface area contributed by atoms with Crippen LogP contribution in [0.2, 0.25) is 0 Å². The van der Waals surface area contributed by atoms with Gasteiger partial charge in [-0.2, -0.15) is 8.78 Å². The van der Waals surface area contributed by atoms with E-state index in [4.69, 9.17) is 4.74 Å². The number of amides is 4. The molecule has 0 aromatic heterocycles. The zero-order valence-corrected chi connectivity index (χ0v) is 18.6. The molecule has 1 saturated heterocycles. The summed E-state index contributed by atoms with van der Waals surface area (Å²) in [7, 11) is 0. The molecule has 0 aliphatic carbocycles. The van der Waals surface area contributed by atoms with E-state index in [-0.39, 0.29) is 48.9 Å². The maximum absolute atomic E-state index is 15.0. The number of hydrogen-bond donors (Lipinski definition) is 1. The second kappa shape index (κ2) is 7.93. The number of benzene rings is 1. The normalized spacial score (nSPS) is 22.6. The molecule has 1 N–H and O–H groups in total. The van der Waals surface area contributed by atoms with Crippen LogP contribution in [0.25, 0.3) is 5.57 Å². The van der Waals surface area contributed by atoms with E-state index in [1.807, 2.05) is 0 Å². The molecule has 0 spiro atoms. The summed E-state index contributed by atoms with van der Waals surface area (Å²) in [6.07, 6.45) is 0.844. The van der Waals surface area contributed by atoms with Gasteiger partial charge in [-0.05, 0) is 50.5 Å². The van der Waals surface area contributed by atoms with E-state index in [9.17, 15) is 19.2 Å². The van der Waals surface area contributed by atoms with E-state index < -0.39 is 36.1 Å². The Bertz CT molecular complexity index is 1080. The fraction of sp³-hybridized carbons (Fsp3) is 0.478. The maximum atomic E-state index is 15.0. The predicted octanol–water partition coefficient (Wildman–Crippen LogP) is 2.72. The zero-order chi connectivity index (χ0) is 24.1. The molecule has 1 atom stereocenters. The van der Waals surface area contributed by atoms with Crippen LogP contribution in [-0.2, 0) is 20.9 Å². The summed E-state index contributed by atoms with van der Waals surface area (Å²) in [5.74, 6) is -4.59. The molecule has 33 heavy (non-hydrogen) atoms. The lowest BCUT2D eigenvalue weighted by Gasteiger charge is -2.34. The van der Waals surface area contributed by atoms with Crippen molar-refractivity contribution in [1.82, 2.24) is 15.1 Å². The number of halogens is 2. The van der Waals surface area contributed by atoms with Gasteiger partial charge in [0.1, 0.15) is 11.6 Å². The van der Waals surface area contributed by atoms with Crippen molar-refractivity contribution < 1.29 is 32.7 Å². The number of carbonyl (C=O) groups is 4. The Labute approximate surface area is 189 Å². The Morgan fingerprint density at radius 1 is 1.21 bits per heavy atom. The molecule has 3 heterocycles. The topological polar surface area (TPSA) is 96.0 Å². The molecule has 1 aromatic rings. The Morgan fingerprint density at radius 3 is 2.58 bits per heavy atom. The monoisotopic (exact) mass is 461 g/mol. The molecule has 3 aliphatic heterocycles. The minimum absolute atomic E-state index is 0.0295. The number of ether oxygens (including phenoxy) is 1. The fourth-order valence-electron chi connectivity index (χ4n) is 4.28. The average molecular weight is 461 g/mol. The van der Waals surface area contributed by atoms with Gasteiger partial charge in [-0.15, -0.1) is 0 Å². The van der Waals surface area contributed by atoms with Crippen LogP contribution >= 0.6 is 0 Å². The minimum atomic E-state index is -3.31. The predicted molar refractivity (Wildman–Crippen MR) is 113 cm³/mol. The van der Waals surface area contributed by atoms with Crippen LogP contribution in [0.3, 0.4) is 0 Å². The van der Waals surface area contributed by atoms with Crippen molar-refractivity contribution >= 4 is 29.4 Å². The van der Waals surface area contributed by atoms with Gasteiger partial charge in [0.05, 0.1) is 6.54 Å². The van der Waals surface area contributed by atoms with Gasteiger partial charge >= 0.3 is 6.09 Å². The van der Waals surface area contributed by atoms with Gasteiger partial charge in [0, 0.05) is 30.6 Å². The zero-order valence-electron chi connectivity index (χ0n) is 18.6. The van der Waals surface area contributed by atoms with Crippen LogP contribution in [0.4, 0.5) is 13.6 Å². The molecule has 1 unspecified atom stereocenters. The molecule has 4 amide bonds. The van der Waals surface area contributed by atoms with Crippen LogP contribution < -0.4 is 5.32 Å². The molecule has 8 nitrogen and oxygen atoms in total. The standard InChI is InChI=1S/C23H25F2N3O5/c1-22(2,3)33-21(32)27-9-8-16(23(24,25)12-27)13-4-5-15-14(10-13)11-28(20(15)31)17-6-7-18(29)26-19(17)30/h4-5,8,10,17H,6-7,9,11-12H2,1-3H3,(H,26,29,30). The lowest BCUT2D eigenvalue weighted by Crippen LogP contribution is -2.52. The second-order valence-corrected chi connectivity index (χ2v) is 9.45. The van der Waals surface area contributed by atoms with E-state index in [0.29, 0.717) is 11.1 Å². The molecular weight excluding hydrogens is 436 g/mol. The maximum Gasteiger partial charge on any atom is 0.410 e. The number of alkyl halides is 2. The highest BCUT2D eigenvalue weighted by atomic mass is 19.3. The number of carbonyl (C=O) groups excluding carboxylic acids is 4. The second-order valence-electron chi connectivity index (χ2n) is 9.45.